The minimum Gasteiger partial charge on any atom is -0.478 e. The lowest BCUT2D eigenvalue weighted by Crippen LogP contribution is -2.14. The maximum absolute atomic E-state index is 11.3. The maximum Gasteiger partial charge on any atom is 0.337 e. The molecule has 1 heterocycles. The molecule has 0 aliphatic heterocycles. The zero-order valence-electron chi connectivity index (χ0n) is 11.0. The van der Waals surface area contributed by atoms with Gasteiger partial charge < -0.3 is 10.4 Å². The Bertz CT molecular complexity index is 784. The number of nitrogens with one attached hydrogen (secondary N) is 1. The lowest BCUT2D eigenvalue weighted by atomic mass is 10.2. The number of benzene rings is 1. The molecule has 0 atom stereocenters. The zero-order chi connectivity index (χ0) is 15.6. The smallest absolute Gasteiger partial charge is 0.337 e. The van der Waals surface area contributed by atoms with Crippen molar-refractivity contribution in [3.05, 3.63) is 39.8 Å². The molecule has 7 nitrogen and oxygen atoms in total. The number of anilines is 1. The first-order valence-corrected chi connectivity index (χ1v) is 8.25. The van der Waals surface area contributed by atoms with Gasteiger partial charge in [-0.2, -0.15) is 0 Å². The summed E-state index contributed by atoms with van der Waals surface area (Å²) >= 11 is 1.45. The molecule has 0 fully saturated rings. The average molecular weight is 327 g/mol. The molecule has 4 N–H and O–H groups in total. The summed E-state index contributed by atoms with van der Waals surface area (Å²) in [6.07, 6.45) is 0. The Morgan fingerprint density at radius 3 is 2.71 bits per heavy atom. The van der Waals surface area contributed by atoms with Crippen LogP contribution in [0.15, 0.2) is 28.5 Å². The molecule has 0 saturated carbocycles. The standard InChI is InChI=1S/C12H13N3O4S2/c1-7-6-20-11(15-7)5-14-10-3-2-8(21(13,18)19)4-9(10)12(16)17/h2-4,6,14H,5H2,1H3,(H,16,17)(H2,13,18,19). The molecule has 0 radical (unpaired) electrons. The van der Waals surface area contributed by atoms with Gasteiger partial charge in [-0.15, -0.1) is 11.3 Å². The van der Waals surface area contributed by atoms with E-state index in [4.69, 9.17) is 10.2 Å². The largest absolute Gasteiger partial charge is 0.478 e. The van der Waals surface area contributed by atoms with Crippen molar-refractivity contribution in [3.63, 3.8) is 0 Å². The molecule has 0 saturated heterocycles. The monoisotopic (exact) mass is 327 g/mol. The van der Waals surface area contributed by atoms with Gasteiger partial charge in [0.15, 0.2) is 0 Å². The van der Waals surface area contributed by atoms with E-state index in [0.717, 1.165) is 16.8 Å². The van der Waals surface area contributed by atoms with Crippen LogP contribution in [0.5, 0.6) is 0 Å². The summed E-state index contributed by atoms with van der Waals surface area (Å²) in [4.78, 5) is 15.2. The molecule has 0 spiro atoms. The van der Waals surface area contributed by atoms with Crippen molar-refractivity contribution >= 4 is 33.0 Å². The predicted molar refractivity (Wildman–Crippen MR) is 79.0 cm³/mol. The minimum atomic E-state index is -3.94. The van der Waals surface area contributed by atoms with E-state index in [1.54, 1.807) is 0 Å². The summed E-state index contributed by atoms with van der Waals surface area (Å²) in [5, 5.41) is 19.8. The molecule has 0 aliphatic carbocycles. The molecule has 112 valence electrons. The molecule has 2 rings (SSSR count). The van der Waals surface area contributed by atoms with Crippen LogP contribution in [0, 0.1) is 6.92 Å². The van der Waals surface area contributed by atoms with E-state index in [1.807, 2.05) is 12.3 Å². The Morgan fingerprint density at radius 1 is 1.48 bits per heavy atom. The van der Waals surface area contributed by atoms with Gasteiger partial charge in [-0.25, -0.2) is 23.3 Å². The molecule has 0 amide bonds. The minimum absolute atomic E-state index is 0.158. The first kappa shape index (κ1) is 15.4. The van der Waals surface area contributed by atoms with Crippen molar-refractivity contribution in [1.82, 2.24) is 4.98 Å². The highest BCUT2D eigenvalue weighted by Crippen LogP contribution is 2.21. The molecule has 2 aromatic rings. The van der Waals surface area contributed by atoms with Crippen molar-refractivity contribution in [2.75, 3.05) is 5.32 Å². The van der Waals surface area contributed by atoms with E-state index in [0.29, 0.717) is 12.2 Å². The molecule has 1 aromatic carbocycles. The zero-order valence-corrected chi connectivity index (χ0v) is 12.7. The summed E-state index contributed by atoms with van der Waals surface area (Å²) in [5.41, 5.74) is 1.04. The molecule has 21 heavy (non-hydrogen) atoms. The molecule has 0 bridgehead atoms. The number of aromatic nitrogens is 1. The molecule has 1 aromatic heterocycles. The van der Waals surface area contributed by atoms with Gasteiger partial charge in [0.1, 0.15) is 5.01 Å². The van der Waals surface area contributed by atoms with E-state index in [-0.39, 0.29) is 10.5 Å². The Morgan fingerprint density at radius 2 is 2.19 bits per heavy atom. The number of thiazole rings is 1. The van der Waals surface area contributed by atoms with E-state index < -0.39 is 16.0 Å². The summed E-state index contributed by atoms with van der Waals surface area (Å²) in [5.74, 6) is -1.24. The maximum atomic E-state index is 11.3. The van der Waals surface area contributed by atoms with Crippen LogP contribution in [0.3, 0.4) is 0 Å². The quantitative estimate of drug-likeness (QED) is 0.763. The van der Waals surface area contributed by atoms with E-state index in [2.05, 4.69) is 10.3 Å². The molecule has 9 heteroatoms. The van der Waals surface area contributed by atoms with E-state index in [9.17, 15) is 13.2 Å². The van der Waals surface area contributed by atoms with Gasteiger partial charge in [-0.3, -0.25) is 0 Å². The van der Waals surface area contributed by atoms with Crippen molar-refractivity contribution < 1.29 is 18.3 Å². The van der Waals surface area contributed by atoms with Crippen LogP contribution >= 0.6 is 11.3 Å². The van der Waals surface area contributed by atoms with Gasteiger partial charge in [0, 0.05) is 16.8 Å². The summed E-state index contributed by atoms with van der Waals surface area (Å²) in [6, 6.07) is 3.67. The number of hydrogen-bond acceptors (Lipinski definition) is 6. The third-order valence-corrected chi connectivity index (χ3v) is 4.52. The lowest BCUT2D eigenvalue weighted by Gasteiger charge is -2.09. The number of aromatic carboxylic acids is 1. The number of primary sulfonamides is 1. The van der Waals surface area contributed by atoms with E-state index >= 15 is 0 Å². The van der Waals surface area contributed by atoms with Gasteiger partial charge in [0.05, 0.1) is 17.0 Å². The van der Waals surface area contributed by atoms with Crippen molar-refractivity contribution in [3.8, 4) is 0 Å². The van der Waals surface area contributed by atoms with Gasteiger partial charge in [-0.05, 0) is 25.1 Å². The molecule has 0 unspecified atom stereocenters. The number of nitrogens with two attached hydrogens (primary N) is 1. The first-order valence-electron chi connectivity index (χ1n) is 5.82. The van der Waals surface area contributed by atoms with Gasteiger partial charge in [-0.1, -0.05) is 0 Å². The fourth-order valence-electron chi connectivity index (χ4n) is 1.69. The van der Waals surface area contributed by atoms with Crippen LogP contribution in [0.2, 0.25) is 0 Å². The Labute approximate surface area is 125 Å². The highest BCUT2D eigenvalue weighted by atomic mass is 32.2. The Kier molecular flexibility index (Phi) is 4.26. The number of rotatable bonds is 5. The van der Waals surface area contributed by atoms with Gasteiger partial charge in [0.25, 0.3) is 0 Å². The number of carboxylic acids is 1. The second-order valence-electron chi connectivity index (χ2n) is 4.29. The van der Waals surface area contributed by atoms with Crippen LogP contribution in [-0.4, -0.2) is 24.5 Å². The van der Waals surface area contributed by atoms with Crippen molar-refractivity contribution in [2.45, 2.75) is 18.4 Å². The number of sulfonamides is 1. The van der Waals surface area contributed by atoms with Crippen LogP contribution in [-0.2, 0) is 16.6 Å². The number of carbonyl (C=O) groups is 1. The fourth-order valence-corrected chi connectivity index (χ4v) is 2.94. The number of hydrogen-bond donors (Lipinski definition) is 3. The van der Waals surface area contributed by atoms with Crippen molar-refractivity contribution in [2.24, 2.45) is 5.14 Å². The predicted octanol–water partition coefficient (Wildman–Crippen LogP) is 1.41. The summed E-state index contributed by atoms with van der Waals surface area (Å²) in [7, 11) is -3.94. The SMILES string of the molecule is Cc1csc(CNc2ccc(S(N)(=O)=O)cc2C(=O)O)n1. The second kappa shape index (κ2) is 5.80. The first-order chi connectivity index (χ1) is 9.77. The van der Waals surface area contributed by atoms with Crippen molar-refractivity contribution in [1.29, 1.82) is 0 Å². The topological polar surface area (TPSA) is 122 Å². The van der Waals surface area contributed by atoms with Gasteiger partial charge in [0.2, 0.25) is 10.0 Å². The highest BCUT2D eigenvalue weighted by Gasteiger charge is 2.16. The number of nitrogens with zero attached hydrogens (tertiary/aromatic N) is 1. The van der Waals surface area contributed by atoms with Crippen LogP contribution in [0.4, 0.5) is 5.69 Å². The van der Waals surface area contributed by atoms with E-state index in [1.165, 1.54) is 23.5 Å². The molecular weight excluding hydrogens is 314 g/mol. The normalized spacial score (nSPS) is 11.3. The summed E-state index contributed by atoms with van der Waals surface area (Å²) in [6.45, 7) is 2.22. The van der Waals surface area contributed by atoms with Crippen LogP contribution in [0.25, 0.3) is 0 Å². The average Bonchev–Trinajstić information content (AvgIpc) is 2.80. The summed E-state index contributed by atoms with van der Waals surface area (Å²) < 4.78 is 22.5. The lowest BCUT2D eigenvalue weighted by molar-refractivity contribution is 0.0697. The van der Waals surface area contributed by atoms with Gasteiger partial charge >= 0.3 is 5.97 Å². The number of aryl methyl sites for hydroxylation is 1. The Hall–Kier alpha value is -1.97. The third kappa shape index (κ3) is 3.78. The highest BCUT2D eigenvalue weighted by molar-refractivity contribution is 7.89. The molecule has 0 aliphatic rings. The van der Waals surface area contributed by atoms with Crippen LogP contribution in [0.1, 0.15) is 21.1 Å². The third-order valence-electron chi connectivity index (χ3n) is 2.65. The Balaban J connectivity index is 2.28. The van der Waals surface area contributed by atoms with Crippen LogP contribution < -0.4 is 10.5 Å². The number of carboxylic acid groups (broad SMARTS) is 1. The molecular formula is C12H13N3O4S2. The fraction of sp³-hybridized carbons (Fsp3) is 0.167. The second-order valence-corrected chi connectivity index (χ2v) is 6.80.